The molecule has 1 unspecified atom stereocenters. The molecule has 2 heterocycles. The molecular formula is C18H20N4O. The van der Waals surface area contributed by atoms with Crippen LogP contribution in [-0.2, 0) is 6.54 Å². The quantitative estimate of drug-likeness (QED) is 0.749. The Labute approximate surface area is 135 Å². The van der Waals surface area contributed by atoms with Crippen LogP contribution in [0.1, 0.15) is 36.6 Å². The van der Waals surface area contributed by atoms with Crippen molar-refractivity contribution in [2.75, 3.05) is 7.11 Å². The SMILES string of the molecule is COc1ccccc1Cn1ncc2[nH]c(C3CC=CCC3)nc21. The van der Waals surface area contributed by atoms with E-state index < -0.39 is 0 Å². The number of para-hydroxylation sites is 1. The normalized spacial score (nSPS) is 17.7. The number of nitrogens with one attached hydrogen (secondary N) is 1. The second-order valence-corrected chi connectivity index (χ2v) is 5.95. The van der Waals surface area contributed by atoms with E-state index in [1.807, 2.05) is 29.1 Å². The fourth-order valence-electron chi connectivity index (χ4n) is 3.21. The lowest BCUT2D eigenvalue weighted by Crippen LogP contribution is -2.05. The number of rotatable bonds is 4. The molecule has 1 N–H and O–H groups in total. The van der Waals surface area contributed by atoms with Crippen molar-refractivity contribution in [2.45, 2.75) is 31.7 Å². The molecule has 0 fully saturated rings. The Hall–Kier alpha value is -2.56. The lowest BCUT2D eigenvalue weighted by atomic mass is 9.94. The maximum absolute atomic E-state index is 5.43. The van der Waals surface area contributed by atoms with Crippen LogP contribution in [0.4, 0.5) is 0 Å². The number of ether oxygens (including phenoxy) is 1. The van der Waals surface area contributed by atoms with E-state index in [4.69, 9.17) is 9.72 Å². The third kappa shape index (κ3) is 2.63. The van der Waals surface area contributed by atoms with Crippen LogP contribution >= 0.6 is 0 Å². The number of aromatic nitrogens is 4. The smallest absolute Gasteiger partial charge is 0.176 e. The maximum atomic E-state index is 5.43. The molecule has 0 saturated carbocycles. The number of H-pyrrole nitrogens is 1. The Morgan fingerprint density at radius 1 is 1.30 bits per heavy atom. The van der Waals surface area contributed by atoms with Crippen molar-refractivity contribution in [1.29, 1.82) is 0 Å². The molecule has 4 rings (SSSR count). The highest BCUT2D eigenvalue weighted by Crippen LogP contribution is 2.29. The maximum Gasteiger partial charge on any atom is 0.176 e. The Balaban J connectivity index is 1.65. The first kappa shape index (κ1) is 14.1. The zero-order chi connectivity index (χ0) is 15.6. The van der Waals surface area contributed by atoms with Crippen LogP contribution in [0, 0.1) is 0 Å². The van der Waals surface area contributed by atoms with Crippen LogP contribution < -0.4 is 4.74 Å². The first-order valence-corrected chi connectivity index (χ1v) is 8.03. The Kier molecular flexibility index (Phi) is 3.61. The minimum absolute atomic E-state index is 0.493. The van der Waals surface area contributed by atoms with Crippen LogP contribution in [0.5, 0.6) is 5.75 Å². The molecule has 0 radical (unpaired) electrons. The summed E-state index contributed by atoms with van der Waals surface area (Å²) in [4.78, 5) is 8.26. The predicted octanol–water partition coefficient (Wildman–Crippen LogP) is 3.64. The molecule has 1 aliphatic carbocycles. The molecule has 1 aromatic carbocycles. The van der Waals surface area contributed by atoms with Gasteiger partial charge in [0, 0.05) is 11.5 Å². The zero-order valence-electron chi connectivity index (χ0n) is 13.2. The molecule has 5 heteroatoms. The van der Waals surface area contributed by atoms with E-state index in [9.17, 15) is 0 Å². The van der Waals surface area contributed by atoms with Gasteiger partial charge < -0.3 is 9.72 Å². The van der Waals surface area contributed by atoms with Crippen molar-refractivity contribution in [3.8, 4) is 5.75 Å². The fourth-order valence-corrected chi connectivity index (χ4v) is 3.21. The van der Waals surface area contributed by atoms with Gasteiger partial charge in [-0.25, -0.2) is 9.67 Å². The van der Waals surface area contributed by atoms with E-state index in [0.717, 1.165) is 47.6 Å². The average Bonchev–Trinajstić information content (AvgIpc) is 3.18. The number of imidazole rings is 1. The molecule has 23 heavy (non-hydrogen) atoms. The second-order valence-electron chi connectivity index (χ2n) is 5.95. The average molecular weight is 308 g/mol. The van der Waals surface area contributed by atoms with E-state index in [2.05, 4.69) is 28.3 Å². The highest BCUT2D eigenvalue weighted by Gasteiger charge is 2.18. The lowest BCUT2D eigenvalue weighted by molar-refractivity contribution is 0.407. The van der Waals surface area contributed by atoms with Gasteiger partial charge in [-0.3, -0.25) is 0 Å². The van der Waals surface area contributed by atoms with Gasteiger partial charge in [0.25, 0.3) is 0 Å². The zero-order valence-corrected chi connectivity index (χ0v) is 13.2. The summed E-state index contributed by atoms with van der Waals surface area (Å²) in [5.41, 5.74) is 3.02. The predicted molar refractivity (Wildman–Crippen MR) is 89.7 cm³/mol. The number of hydrogen-bond acceptors (Lipinski definition) is 3. The number of allylic oxidation sites excluding steroid dienone is 2. The van der Waals surface area contributed by atoms with Crippen LogP contribution in [0.3, 0.4) is 0 Å². The summed E-state index contributed by atoms with van der Waals surface area (Å²) in [6.45, 7) is 0.655. The van der Waals surface area contributed by atoms with Gasteiger partial charge in [-0.05, 0) is 25.3 Å². The van der Waals surface area contributed by atoms with Crippen molar-refractivity contribution in [1.82, 2.24) is 19.7 Å². The number of nitrogens with zero attached hydrogens (tertiary/aromatic N) is 3. The van der Waals surface area contributed by atoms with Crippen LogP contribution in [0.2, 0.25) is 0 Å². The van der Waals surface area contributed by atoms with Gasteiger partial charge in [0.2, 0.25) is 0 Å². The summed E-state index contributed by atoms with van der Waals surface area (Å²) >= 11 is 0. The number of aromatic amines is 1. The summed E-state index contributed by atoms with van der Waals surface area (Å²) < 4.78 is 7.37. The van der Waals surface area contributed by atoms with E-state index >= 15 is 0 Å². The number of methoxy groups -OCH3 is 1. The molecule has 0 spiro atoms. The molecule has 0 aliphatic heterocycles. The second kappa shape index (κ2) is 5.91. The molecule has 3 aromatic rings. The third-order valence-electron chi connectivity index (χ3n) is 4.47. The van der Waals surface area contributed by atoms with Gasteiger partial charge in [0.15, 0.2) is 5.65 Å². The summed E-state index contributed by atoms with van der Waals surface area (Å²) in [6.07, 6.45) is 9.72. The van der Waals surface area contributed by atoms with Crippen molar-refractivity contribution >= 4 is 11.2 Å². The summed E-state index contributed by atoms with van der Waals surface area (Å²) in [5, 5.41) is 4.47. The molecule has 2 aromatic heterocycles. The van der Waals surface area contributed by atoms with Gasteiger partial charge in [-0.15, -0.1) is 0 Å². The van der Waals surface area contributed by atoms with Gasteiger partial charge in [0.1, 0.15) is 17.1 Å². The Morgan fingerprint density at radius 3 is 3.04 bits per heavy atom. The van der Waals surface area contributed by atoms with Crippen molar-refractivity contribution in [2.24, 2.45) is 0 Å². The number of fused-ring (bicyclic) bond motifs is 1. The van der Waals surface area contributed by atoms with E-state index in [1.54, 1.807) is 7.11 Å². The summed E-state index contributed by atoms with van der Waals surface area (Å²) in [7, 11) is 1.70. The van der Waals surface area contributed by atoms with Gasteiger partial charge in [0.05, 0.1) is 19.9 Å². The molecule has 0 bridgehead atoms. The standard InChI is InChI=1S/C18H20N4O/c1-23-16-10-6-5-9-14(16)12-22-18-15(11-19-22)20-17(21-18)13-7-3-2-4-8-13/h2-3,5-6,9-11,13H,4,7-8,12H2,1H3,(H,20,21). The molecular weight excluding hydrogens is 288 g/mol. The van der Waals surface area contributed by atoms with Gasteiger partial charge in [-0.1, -0.05) is 30.4 Å². The van der Waals surface area contributed by atoms with Crippen LogP contribution in [0.25, 0.3) is 11.2 Å². The number of benzene rings is 1. The van der Waals surface area contributed by atoms with E-state index in [-0.39, 0.29) is 0 Å². The molecule has 1 atom stereocenters. The minimum Gasteiger partial charge on any atom is -0.496 e. The van der Waals surface area contributed by atoms with Gasteiger partial charge in [-0.2, -0.15) is 5.10 Å². The monoisotopic (exact) mass is 308 g/mol. The molecule has 118 valence electrons. The topological polar surface area (TPSA) is 55.7 Å². The molecule has 1 aliphatic rings. The highest BCUT2D eigenvalue weighted by molar-refractivity contribution is 5.70. The van der Waals surface area contributed by atoms with E-state index in [0.29, 0.717) is 12.5 Å². The van der Waals surface area contributed by atoms with Crippen LogP contribution in [0.15, 0.2) is 42.6 Å². The first-order chi connectivity index (χ1) is 11.3. The summed E-state index contributed by atoms with van der Waals surface area (Å²) in [5.74, 6) is 2.45. The van der Waals surface area contributed by atoms with Gasteiger partial charge >= 0.3 is 0 Å². The van der Waals surface area contributed by atoms with Crippen molar-refractivity contribution in [3.05, 3.63) is 54.0 Å². The third-order valence-corrected chi connectivity index (χ3v) is 4.47. The van der Waals surface area contributed by atoms with E-state index in [1.165, 1.54) is 0 Å². The molecule has 5 nitrogen and oxygen atoms in total. The van der Waals surface area contributed by atoms with Crippen molar-refractivity contribution in [3.63, 3.8) is 0 Å². The lowest BCUT2D eigenvalue weighted by Gasteiger charge is -2.14. The minimum atomic E-state index is 0.493. The first-order valence-electron chi connectivity index (χ1n) is 8.03. The largest absolute Gasteiger partial charge is 0.496 e. The fraction of sp³-hybridized carbons (Fsp3) is 0.333. The Morgan fingerprint density at radius 2 is 2.22 bits per heavy atom. The Bertz CT molecular complexity index is 846. The van der Waals surface area contributed by atoms with Crippen molar-refractivity contribution < 1.29 is 4.74 Å². The molecule has 0 saturated heterocycles. The number of hydrogen-bond donors (Lipinski definition) is 1. The molecule has 0 amide bonds. The van der Waals surface area contributed by atoms with Crippen LogP contribution in [-0.4, -0.2) is 26.9 Å². The summed E-state index contributed by atoms with van der Waals surface area (Å²) in [6, 6.07) is 8.03. The highest BCUT2D eigenvalue weighted by atomic mass is 16.5.